The summed E-state index contributed by atoms with van der Waals surface area (Å²) in [7, 11) is 0. The fourth-order valence-corrected chi connectivity index (χ4v) is 5.21. The van der Waals surface area contributed by atoms with Crippen LogP contribution in [-0.4, -0.2) is 46.1 Å². The third kappa shape index (κ3) is 2.96. The Morgan fingerprint density at radius 3 is 2.60 bits per heavy atom. The van der Waals surface area contributed by atoms with Gasteiger partial charge in [-0.1, -0.05) is 25.1 Å². The van der Waals surface area contributed by atoms with Crippen molar-refractivity contribution in [3.63, 3.8) is 0 Å². The molecule has 3 nitrogen and oxygen atoms in total. The van der Waals surface area contributed by atoms with E-state index in [1.54, 1.807) is 5.69 Å². The summed E-state index contributed by atoms with van der Waals surface area (Å²) >= 11 is 0. The number of halogens is 1. The molecule has 1 aromatic heterocycles. The van der Waals surface area contributed by atoms with Crippen molar-refractivity contribution >= 4 is 27.9 Å². The number of fused-ring (bicyclic) bond motifs is 5. The van der Waals surface area contributed by atoms with Crippen molar-refractivity contribution in [1.82, 2.24) is 14.4 Å². The van der Waals surface area contributed by atoms with Gasteiger partial charge in [0, 0.05) is 48.3 Å². The van der Waals surface area contributed by atoms with Gasteiger partial charge in [0.15, 0.2) is 0 Å². The summed E-state index contributed by atoms with van der Waals surface area (Å²) in [5.41, 5.74) is 4.53. The Kier molecular flexibility index (Phi) is 5.62. The molecule has 0 bridgehead atoms. The fourth-order valence-electron chi connectivity index (χ4n) is 5.21. The highest BCUT2D eigenvalue weighted by molar-refractivity contribution is 8.93. The van der Waals surface area contributed by atoms with Crippen LogP contribution in [0.15, 0.2) is 24.3 Å². The summed E-state index contributed by atoms with van der Waals surface area (Å²) in [6.07, 6.45) is 2.51. The van der Waals surface area contributed by atoms with Crippen LogP contribution in [-0.2, 0) is 6.54 Å². The molecule has 0 amide bonds. The molecule has 0 aliphatic carbocycles. The molecule has 0 saturated carbocycles. The maximum Gasteiger partial charge on any atom is 0.0662 e. The predicted octanol–water partition coefficient (Wildman–Crippen LogP) is 4.78. The van der Waals surface area contributed by atoms with E-state index >= 15 is 0 Å². The second-order valence-corrected chi connectivity index (χ2v) is 7.85. The monoisotopic (exact) mass is 405 g/mol. The molecule has 138 valence electrons. The van der Waals surface area contributed by atoms with Crippen LogP contribution >= 0.6 is 17.0 Å². The highest BCUT2D eigenvalue weighted by atomic mass is 79.9. The Balaban J connectivity index is 0.00000182. The molecule has 4 heteroatoms. The molecule has 2 unspecified atom stereocenters. The maximum atomic E-state index is 2.76. The Bertz CT molecular complexity index is 736. The summed E-state index contributed by atoms with van der Waals surface area (Å²) in [6.45, 7) is 14.2. The van der Waals surface area contributed by atoms with E-state index in [1.807, 2.05) is 0 Å². The molecule has 3 heterocycles. The molecule has 2 aliphatic rings. The lowest BCUT2D eigenvalue weighted by Crippen LogP contribution is -2.59. The van der Waals surface area contributed by atoms with E-state index in [4.69, 9.17) is 0 Å². The first-order chi connectivity index (χ1) is 11.6. The van der Waals surface area contributed by atoms with Crippen molar-refractivity contribution in [2.45, 2.75) is 65.2 Å². The van der Waals surface area contributed by atoms with Gasteiger partial charge in [-0.15, -0.1) is 17.0 Å². The lowest BCUT2D eigenvalue weighted by molar-refractivity contribution is -0.0176. The Morgan fingerprint density at radius 1 is 1.12 bits per heavy atom. The number of aryl methyl sites for hydroxylation is 2. The van der Waals surface area contributed by atoms with Gasteiger partial charge in [0.2, 0.25) is 0 Å². The highest BCUT2D eigenvalue weighted by Crippen LogP contribution is 2.42. The van der Waals surface area contributed by atoms with Crippen molar-refractivity contribution in [2.24, 2.45) is 0 Å². The van der Waals surface area contributed by atoms with Crippen LogP contribution in [0.4, 0.5) is 0 Å². The normalized spacial score (nSPS) is 24.2. The van der Waals surface area contributed by atoms with Crippen molar-refractivity contribution in [2.75, 3.05) is 19.6 Å². The van der Waals surface area contributed by atoms with Gasteiger partial charge in [0.1, 0.15) is 0 Å². The fraction of sp³-hybridized carbons (Fsp3) is 0.619. The first kappa shape index (κ1) is 18.9. The lowest BCUT2D eigenvalue weighted by atomic mass is 9.89. The number of nitrogens with zero attached hydrogens (tertiary/aromatic N) is 3. The van der Waals surface area contributed by atoms with E-state index in [9.17, 15) is 0 Å². The summed E-state index contributed by atoms with van der Waals surface area (Å²) in [5.74, 6) is 0. The molecular weight excluding hydrogens is 374 g/mol. The summed E-state index contributed by atoms with van der Waals surface area (Å²) in [4.78, 5) is 5.53. The summed E-state index contributed by atoms with van der Waals surface area (Å²) in [5, 5.41) is 1.45. The van der Waals surface area contributed by atoms with Gasteiger partial charge in [-0.3, -0.25) is 9.80 Å². The molecular formula is C21H32BrN3. The van der Waals surface area contributed by atoms with Crippen LogP contribution in [0.25, 0.3) is 10.9 Å². The van der Waals surface area contributed by atoms with Crippen LogP contribution in [0.5, 0.6) is 0 Å². The van der Waals surface area contributed by atoms with Crippen molar-refractivity contribution < 1.29 is 0 Å². The molecule has 0 N–H and O–H groups in total. The summed E-state index contributed by atoms with van der Waals surface area (Å²) < 4.78 is 2.62. The first-order valence-electron chi connectivity index (χ1n) is 9.71. The molecule has 2 atom stereocenters. The van der Waals surface area contributed by atoms with E-state index in [0.29, 0.717) is 18.1 Å². The van der Waals surface area contributed by atoms with Gasteiger partial charge in [0.05, 0.1) is 6.04 Å². The molecule has 0 spiro atoms. The maximum absolute atomic E-state index is 2.76. The average Bonchev–Trinajstić information content (AvgIpc) is 2.88. The van der Waals surface area contributed by atoms with Crippen molar-refractivity contribution in [3.05, 3.63) is 35.5 Å². The lowest BCUT2D eigenvalue weighted by Gasteiger charge is -2.52. The van der Waals surface area contributed by atoms with Crippen LogP contribution in [0, 0.1) is 6.92 Å². The van der Waals surface area contributed by atoms with E-state index < -0.39 is 0 Å². The summed E-state index contributed by atoms with van der Waals surface area (Å²) in [6, 6.07) is 10.8. The smallest absolute Gasteiger partial charge is 0.0662 e. The SMILES string of the molecule is Br.CCCN1CCN(C(C)C)C2CCn3c(c(C)c4ccccc43)C21. The number of hydrogen-bond donors (Lipinski definition) is 0. The molecule has 4 rings (SSSR count). The van der Waals surface area contributed by atoms with Gasteiger partial charge in [0.25, 0.3) is 0 Å². The number of benzene rings is 1. The zero-order valence-electron chi connectivity index (χ0n) is 16.0. The number of para-hydroxylation sites is 1. The molecule has 2 aliphatic heterocycles. The van der Waals surface area contributed by atoms with Gasteiger partial charge >= 0.3 is 0 Å². The van der Waals surface area contributed by atoms with Gasteiger partial charge in [-0.05, 0) is 51.8 Å². The predicted molar refractivity (Wildman–Crippen MR) is 112 cm³/mol. The van der Waals surface area contributed by atoms with Crippen LogP contribution in [0.1, 0.15) is 50.9 Å². The zero-order chi connectivity index (χ0) is 16.8. The number of rotatable bonds is 3. The topological polar surface area (TPSA) is 11.4 Å². The standard InChI is InChI=1S/C21H31N3.BrH/c1-5-11-22-13-14-23(15(2)3)19-10-12-24-18-9-7-6-8-17(18)16(4)20(24)21(19)22;/h6-9,15,19,21H,5,10-14H2,1-4H3;1H. The second-order valence-electron chi connectivity index (χ2n) is 7.85. The molecule has 1 aromatic carbocycles. The Labute approximate surface area is 162 Å². The number of aromatic nitrogens is 1. The number of hydrogen-bond acceptors (Lipinski definition) is 2. The van der Waals surface area contributed by atoms with Crippen molar-refractivity contribution in [1.29, 1.82) is 0 Å². The van der Waals surface area contributed by atoms with E-state index in [-0.39, 0.29) is 17.0 Å². The Morgan fingerprint density at radius 2 is 1.88 bits per heavy atom. The Hall–Kier alpha value is -0.840. The minimum absolute atomic E-state index is 0. The van der Waals surface area contributed by atoms with E-state index in [2.05, 4.69) is 66.3 Å². The molecule has 1 fully saturated rings. The van der Waals surface area contributed by atoms with Crippen LogP contribution < -0.4 is 0 Å². The largest absolute Gasteiger partial charge is 0.343 e. The minimum Gasteiger partial charge on any atom is -0.343 e. The molecule has 1 saturated heterocycles. The van der Waals surface area contributed by atoms with Crippen LogP contribution in [0.2, 0.25) is 0 Å². The second kappa shape index (κ2) is 7.42. The van der Waals surface area contributed by atoms with E-state index in [0.717, 1.165) is 6.54 Å². The van der Waals surface area contributed by atoms with E-state index in [1.165, 1.54) is 48.9 Å². The van der Waals surface area contributed by atoms with Crippen LogP contribution in [0.3, 0.4) is 0 Å². The molecule has 2 aromatic rings. The van der Waals surface area contributed by atoms with Gasteiger partial charge in [-0.25, -0.2) is 0 Å². The third-order valence-corrected chi connectivity index (χ3v) is 6.21. The third-order valence-electron chi connectivity index (χ3n) is 6.21. The highest BCUT2D eigenvalue weighted by Gasteiger charge is 2.42. The average molecular weight is 406 g/mol. The zero-order valence-corrected chi connectivity index (χ0v) is 17.7. The first-order valence-corrected chi connectivity index (χ1v) is 9.71. The van der Waals surface area contributed by atoms with Crippen molar-refractivity contribution in [3.8, 4) is 0 Å². The molecule has 25 heavy (non-hydrogen) atoms. The van der Waals surface area contributed by atoms with Gasteiger partial charge in [-0.2, -0.15) is 0 Å². The quantitative estimate of drug-likeness (QED) is 0.727. The molecule has 0 radical (unpaired) electrons. The minimum atomic E-state index is 0. The number of piperazine rings is 1. The van der Waals surface area contributed by atoms with Gasteiger partial charge < -0.3 is 4.57 Å².